The van der Waals surface area contributed by atoms with Crippen LogP contribution in [0, 0.1) is 5.82 Å². The molecule has 0 aliphatic carbocycles. The Balaban J connectivity index is 1.96. The fourth-order valence-electron chi connectivity index (χ4n) is 1.71. The fourth-order valence-corrected chi connectivity index (χ4v) is 1.93. The Bertz CT molecular complexity index is 681. The number of rotatable bonds is 5. The maximum Gasteiger partial charge on any atom is 0.330 e. The van der Waals surface area contributed by atoms with Crippen molar-refractivity contribution in [2.75, 3.05) is 7.11 Å². The van der Waals surface area contributed by atoms with Crippen molar-refractivity contribution in [3.8, 4) is 5.75 Å². The molecule has 0 aromatic heterocycles. The van der Waals surface area contributed by atoms with Crippen LogP contribution >= 0.6 is 11.6 Å². The average molecular weight is 321 g/mol. The summed E-state index contributed by atoms with van der Waals surface area (Å²) in [6, 6.07) is 11.3. The molecular weight excluding hydrogens is 307 g/mol. The third kappa shape index (κ3) is 4.60. The van der Waals surface area contributed by atoms with E-state index in [2.05, 4.69) is 4.74 Å². The number of benzene rings is 2. The molecule has 0 saturated carbocycles. The highest BCUT2D eigenvalue weighted by molar-refractivity contribution is 6.31. The molecule has 114 valence electrons. The van der Waals surface area contributed by atoms with E-state index in [1.165, 1.54) is 25.3 Å². The number of halogens is 2. The lowest BCUT2D eigenvalue weighted by molar-refractivity contribution is -0.134. The van der Waals surface area contributed by atoms with E-state index in [0.717, 1.165) is 5.56 Å². The lowest BCUT2D eigenvalue weighted by Crippen LogP contribution is -1.96. The second-order valence-corrected chi connectivity index (χ2v) is 4.86. The molecule has 0 spiro atoms. The summed E-state index contributed by atoms with van der Waals surface area (Å²) >= 11 is 5.93. The number of hydrogen-bond acceptors (Lipinski definition) is 3. The standard InChI is InChI=1S/C17H14ClFO3/c1-21-17(20)9-4-12-2-7-15(8-3-12)22-11-13-5-6-14(19)10-16(13)18/h2-10H,11H2,1H3/b9-4+. The minimum absolute atomic E-state index is 0.246. The lowest BCUT2D eigenvalue weighted by Gasteiger charge is -2.08. The van der Waals surface area contributed by atoms with Gasteiger partial charge >= 0.3 is 5.97 Å². The van der Waals surface area contributed by atoms with Crippen molar-refractivity contribution < 1.29 is 18.7 Å². The molecule has 0 heterocycles. The van der Waals surface area contributed by atoms with Crippen LogP contribution in [0.15, 0.2) is 48.5 Å². The summed E-state index contributed by atoms with van der Waals surface area (Å²) in [6.07, 6.45) is 2.99. The molecule has 0 unspecified atom stereocenters. The highest BCUT2D eigenvalue weighted by Crippen LogP contribution is 2.20. The molecule has 0 saturated heterocycles. The van der Waals surface area contributed by atoms with Crippen molar-refractivity contribution in [3.63, 3.8) is 0 Å². The Morgan fingerprint density at radius 2 is 1.95 bits per heavy atom. The number of ether oxygens (including phenoxy) is 2. The van der Waals surface area contributed by atoms with Gasteiger partial charge in [-0.1, -0.05) is 29.8 Å². The molecule has 0 radical (unpaired) electrons. The predicted molar refractivity (Wildman–Crippen MR) is 83.2 cm³/mol. The maximum atomic E-state index is 12.9. The van der Waals surface area contributed by atoms with Gasteiger partial charge in [-0.25, -0.2) is 9.18 Å². The second-order valence-electron chi connectivity index (χ2n) is 4.45. The van der Waals surface area contributed by atoms with Crippen LogP contribution in [0.4, 0.5) is 4.39 Å². The molecule has 0 fully saturated rings. The van der Waals surface area contributed by atoms with Crippen LogP contribution in [-0.4, -0.2) is 13.1 Å². The zero-order valence-corrected chi connectivity index (χ0v) is 12.6. The number of hydrogen-bond donors (Lipinski definition) is 0. The van der Waals surface area contributed by atoms with Crippen LogP contribution in [0.3, 0.4) is 0 Å². The summed E-state index contributed by atoms with van der Waals surface area (Å²) in [5.41, 5.74) is 1.55. The van der Waals surface area contributed by atoms with Gasteiger partial charge in [-0.05, 0) is 35.9 Å². The topological polar surface area (TPSA) is 35.5 Å². The van der Waals surface area contributed by atoms with Crippen LogP contribution in [-0.2, 0) is 16.1 Å². The number of esters is 1. The summed E-state index contributed by atoms with van der Waals surface area (Å²) in [6.45, 7) is 0.246. The lowest BCUT2D eigenvalue weighted by atomic mass is 10.2. The first kappa shape index (κ1) is 16.0. The maximum absolute atomic E-state index is 12.9. The molecule has 2 rings (SSSR count). The van der Waals surface area contributed by atoms with E-state index in [0.29, 0.717) is 16.3 Å². The first-order valence-electron chi connectivity index (χ1n) is 6.51. The van der Waals surface area contributed by atoms with E-state index in [4.69, 9.17) is 16.3 Å². The van der Waals surface area contributed by atoms with Gasteiger partial charge in [0.1, 0.15) is 18.2 Å². The quantitative estimate of drug-likeness (QED) is 0.610. The molecule has 0 amide bonds. The summed E-state index contributed by atoms with van der Waals surface area (Å²) in [7, 11) is 1.32. The second kappa shape index (κ2) is 7.61. The Morgan fingerprint density at radius 3 is 2.59 bits per heavy atom. The van der Waals surface area contributed by atoms with Gasteiger partial charge in [-0.15, -0.1) is 0 Å². The van der Waals surface area contributed by atoms with Crippen molar-refractivity contribution in [2.45, 2.75) is 6.61 Å². The largest absolute Gasteiger partial charge is 0.489 e. The third-order valence-electron chi connectivity index (χ3n) is 2.90. The molecule has 0 atom stereocenters. The molecular formula is C17H14ClFO3. The smallest absolute Gasteiger partial charge is 0.330 e. The third-order valence-corrected chi connectivity index (χ3v) is 3.25. The van der Waals surface area contributed by atoms with E-state index < -0.39 is 5.97 Å². The van der Waals surface area contributed by atoms with Crippen LogP contribution < -0.4 is 4.74 Å². The van der Waals surface area contributed by atoms with Crippen molar-refractivity contribution in [2.24, 2.45) is 0 Å². The Hall–Kier alpha value is -2.33. The highest BCUT2D eigenvalue weighted by Gasteiger charge is 2.03. The molecule has 3 nitrogen and oxygen atoms in total. The zero-order chi connectivity index (χ0) is 15.9. The van der Waals surface area contributed by atoms with Crippen molar-refractivity contribution in [1.82, 2.24) is 0 Å². The SMILES string of the molecule is COC(=O)/C=C/c1ccc(OCc2ccc(F)cc2Cl)cc1. The van der Waals surface area contributed by atoms with Gasteiger partial charge in [0.15, 0.2) is 0 Å². The fraction of sp³-hybridized carbons (Fsp3) is 0.118. The van der Waals surface area contributed by atoms with Crippen LogP contribution in [0.2, 0.25) is 5.02 Å². The minimum atomic E-state index is -0.411. The van der Waals surface area contributed by atoms with E-state index >= 15 is 0 Å². The monoisotopic (exact) mass is 320 g/mol. The Labute approximate surface area is 132 Å². The number of methoxy groups -OCH3 is 1. The van der Waals surface area contributed by atoms with Gasteiger partial charge in [-0.2, -0.15) is 0 Å². The van der Waals surface area contributed by atoms with Gasteiger partial charge in [0.25, 0.3) is 0 Å². The van der Waals surface area contributed by atoms with E-state index in [9.17, 15) is 9.18 Å². The van der Waals surface area contributed by atoms with Gasteiger partial charge in [0.05, 0.1) is 12.1 Å². The van der Waals surface area contributed by atoms with Crippen molar-refractivity contribution in [3.05, 3.63) is 70.5 Å². The van der Waals surface area contributed by atoms with Gasteiger partial charge in [-0.3, -0.25) is 0 Å². The Morgan fingerprint density at radius 1 is 1.23 bits per heavy atom. The summed E-state index contributed by atoms with van der Waals surface area (Å²) in [5, 5.41) is 0.331. The van der Waals surface area contributed by atoms with Crippen molar-refractivity contribution >= 4 is 23.6 Å². The first-order valence-corrected chi connectivity index (χ1v) is 6.89. The van der Waals surface area contributed by atoms with Gasteiger partial charge in [0.2, 0.25) is 0 Å². The van der Waals surface area contributed by atoms with Gasteiger partial charge < -0.3 is 9.47 Å². The van der Waals surface area contributed by atoms with Crippen molar-refractivity contribution in [1.29, 1.82) is 0 Å². The molecule has 0 N–H and O–H groups in total. The Kier molecular flexibility index (Phi) is 5.55. The molecule has 2 aromatic carbocycles. The average Bonchev–Trinajstić information content (AvgIpc) is 2.52. The highest BCUT2D eigenvalue weighted by atomic mass is 35.5. The zero-order valence-electron chi connectivity index (χ0n) is 11.9. The summed E-state index contributed by atoms with van der Waals surface area (Å²) in [4.78, 5) is 11.0. The molecule has 0 aliphatic heterocycles. The van der Waals surface area contributed by atoms with E-state index in [1.807, 2.05) is 0 Å². The summed E-state index contributed by atoms with van der Waals surface area (Å²) < 4.78 is 23.1. The predicted octanol–water partition coefficient (Wildman–Crippen LogP) is 4.24. The van der Waals surface area contributed by atoms with E-state index in [1.54, 1.807) is 36.4 Å². The molecule has 22 heavy (non-hydrogen) atoms. The number of carbonyl (C=O) groups excluding carboxylic acids is 1. The minimum Gasteiger partial charge on any atom is -0.489 e. The van der Waals surface area contributed by atoms with Crippen LogP contribution in [0.25, 0.3) is 6.08 Å². The van der Waals surface area contributed by atoms with Crippen LogP contribution in [0.1, 0.15) is 11.1 Å². The molecule has 2 aromatic rings. The molecule has 0 bridgehead atoms. The molecule has 0 aliphatic rings. The molecule has 5 heteroatoms. The summed E-state index contributed by atoms with van der Waals surface area (Å²) in [5.74, 6) is -0.141. The first-order chi connectivity index (χ1) is 10.6. The van der Waals surface area contributed by atoms with E-state index in [-0.39, 0.29) is 12.4 Å². The normalized spacial score (nSPS) is 10.7. The van der Waals surface area contributed by atoms with Gasteiger partial charge in [0, 0.05) is 11.6 Å². The van der Waals surface area contributed by atoms with Crippen LogP contribution in [0.5, 0.6) is 5.75 Å². The number of carbonyl (C=O) groups is 1.